The first-order chi connectivity index (χ1) is 19.3. The number of hydrogen-bond donors (Lipinski definition) is 1. The second kappa shape index (κ2) is 11.3. The SMILES string of the molecule is OCc1cc2ccccc2cc1COC=Cc1ccc(N(c2ccccc2)c2cccc3ccccc23)cc1. The molecule has 0 aliphatic rings. The molecule has 0 heterocycles. The van der Waals surface area contributed by atoms with Crippen LogP contribution in [0.1, 0.15) is 16.7 Å². The third kappa shape index (κ3) is 5.26. The van der Waals surface area contributed by atoms with E-state index in [1.165, 1.54) is 10.8 Å². The number of rotatable bonds is 8. The van der Waals surface area contributed by atoms with Crippen molar-refractivity contribution in [2.75, 3.05) is 4.90 Å². The van der Waals surface area contributed by atoms with Crippen molar-refractivity contribution in [3.63, 3.8) is 0 Å². The Morgan fingerprint density at radius 1 is 0.590 bits per heavy atom. The van der Waals surface area contributed by atoms with Crippen LogP contribution < -0.4 is 4.90 Å². The van der Waals surface area contributed by atoms with E-state index < -0.39 is 0 Å². The molecular formula is C36H29NO2. The van der Waals surface area contributed by atoms with Crippen molar-refractivity contribution in [1.29, 1.82) is 0 Å². The van der Waals surface area contributed by atoms with Crippen LogP contribution in [0, 0.1) is 0 Å². The number of benzene rings is 6. The van der Waals surface area contributed by atoms with Gasteiger partial charge >= 0.3 is 0 Å². The minimum absolute atomic E-state index is 0.0106. The van der Waals surface area contributed by atoms with Gasteiger partial charge in [0.1, 0.15) is 6.61 Å². The number of aliphatic hydroxyl groups is 1. The molecule has 3 nitrogen and oxygen atoms in total. The lowest BCUT2D eigenvalue weighted by Crippen LogP contribution is -2.10. The lowest BCUT2D eigenvalue weighted by molar-refractivity contribution is 0.231. The molecule has 190 valence electrons. The van der Waals surface area contributed by atoms with Crippen LogP contribution in [0.3, 0.4) is 0 Å². The molecule has 0 aliphatic carbocycles. The molecule has 0 bridgehead atoms. The highest BCUT2D eigenvalue weighted by Gasteiger charge is 2.14. The van der Waals surface area contributed by atoms with Crippen LogP contribution >= 0.6 is 0 Å². The lowest BCUT2D eigenvalue weighted by atomic mass is 10.0. The Kier molecular flexibility index (Phi) is 7.07. The number of aliphatic hydroxyl groups excluding tert-OH is 1. The van der Waals surface area contributed by atoms with Gasteiger partial charge in [-0.2, -0.15) is 0 Å². The predicted molar refractivity (Wildman–Crippen MR) is 162 cm³/mol. The van der Waals surface area contributed by atoms with Gasteiger partial charge in [-0.15, -0.1) is 0 Å². The molecule has 0 aliphatic heterocycles. The molecule has 0 spiro atoms. The summed E-state index contributed by atoms with van der Waals surface area (Å²) >= 11 is 0. The topological polar surface area (TPSA) is 32.7 Å². The van der Waals surface area contributed by atoms with E-state index in [0.29, 0.717) is 6.61 Å². The monoisotopic (exact) mass is 507 g/mol. The maximum absolute atomic E-state index is 9.83. The Balaban J connectivity index is 1.23. The van der Waals surface area contributed by atoms with Crippen molar-refractivity contribution in [2.45, 2.75) is 13.2 Å². The van der Waals surface area contributed by atoms with Gasteiger partial charge in [-0.25, -0.2) is 0 Å². The van der Waals surface area contributed by atoms with E-state index in [-0.39, 0.29) is 6.61 Å². The van der Waals surface area contributed by atoms with Gasteiger partial charge < -0.3 is 14.7 Å². The maximum atomic E-state index is 9.83. The van der Waals surface area contributed by atoms with Crippen molar-refractivity contribution in [1.82, 2.24) is 0 Å². The normalized spacial score (nSPS) is 11.3. The van der Waals surface area contributed by atoms with E-state index in [9.17, 15) is 5.11 Å². The first-order valence-corrected chi connectivity index (χ1v) is 13.1. The Morgan fingerprint density at radius 2 is 1.21 bits per heavy atom. The number of ether oxygens (including phenoxy) is 1. The smallest absolute Gasteiger partial charge is 0.113 e. The summed E-state index contributed by atoms with van der Waals surface area (Å²) < 4.78 is 5.88. The Morgan fingerprint density at radius 3 is 1.95 bits per heavy atom. The molecule has 3 heteroatoms. The molecule has 0 saturated carbocycles. The minimum Gasteiger partial charge on any atom is -0.496 e. The van der Waals surface area contributed by atoms with Crippen LogP contribution in [0.15, 0.2) is 140 Å². The maximum Gasteiger partial charge on any atom is 0.113 e. The highest BCUT2D eigenvalue weighted by atomic mass is 16.5. The van der Waals surface area contributed by atoms with Gasteiger partial charge in [-0.05, 0) is 81.4 Å². The van der Waals surface area contributed by atoms with Gasteiger partial charge in [0, 0.05) is 16.8 Å². The number of para-hydroxylation sites is 1. The van der Waals surface area contributed by atoms with E-state index in [1.54, 1.807) is 6.26 Å². The third-order valence-electron chi connectivity index (χ3n) is 7.01. The fourth-order valence-corrected chi connectivity index (χ4v) is 5.02. The van der Waals surface area contributed by atoms with E-state index in [1.807, 2.05) is 30.3 Å². The summed E-state index contributed by atoms with van der Waals surface area (Å²) in [5, 5.41) is 14.5. The number of nitrogens with zero attached hydrogens (tertiary/aromatic N) is 1. The Hall–Kier alpha value is -4.86. The zero-order valence-electron chi connectivity index (χ0n) is 21.6. The number of anilines is 3. The summed E-state index contributed by atoms with van der Waals surface area (Å²) in [6, 6.07) is 46.1. The largest absolute Gasteiger partial charge is 0.496 e. The highest BCUT2D eigenvalue weighted by Crippen LogP contribution is 2.38. The van der Waals surface area contributed by atoms with E-state index >= 15 is 0 Å². The van der Waals surface area contributed by atoms with Gasteiger partial charge in [-0.3, -0.25) is 0 Å². The number of fused-ring (bicyclic) bond motifs is 2. The van der Waals surface area contributed by atoms with Crippen molar-refractivity contribution < 1.29 is 9.84 Å². The van der Waals surface area contributed by atoms with Crippen molar-refractivity contribution in [3.05, 3.63) is 156 Å². The summed E-state index contributed by atoms with van der Waals surface area (Å²) in [6.45, 7) is 0.390. The average molecular weight is 508 g/mol. The number of hydrogen-bond acceptors (Lipinski definition) is 3. The summed E-state index contributed by atoms with van der Waals surface area (Å²) in [5.74, 6) is 0. The molecule has 6 rings (SSSR count). The second-order valence-corrected chi connectivity index (χ2v) is 9.50. The summed E-state index contributed by atoms with van der Waals surface area (Å²) in [7, 11) is 0. The van der Waals surface area contributed by atoms with Gasteiger partial charge in [0.25, 0.3) is 0 Å². The van der Waals surface area contributed by atoms with Crippen LogP contribution in [0.4, 0.5) is 17.1 Å². The van der Waals surface area contributed by atoms with Gasteiger partial charge in [0.15, 0.2) is 0 Å². The van der Waals surface area contributed by atoms with Gasteiger partial charge in [0.2, 0.25) is 0 Å². The van der Waals surface area contributed by atoms with E-state index in [2.05, 4.69) is 114 Å². The van der Waals surface area contributed by atoms with E-state index in [0.717, 1.165) is 44.5 Å². The minimum atomic E-state index is -0.0106. The second-order valence-electron chi connectivity index (χ2n) is 9.50. The Labute approximate surface area is 228 Å². The Bertz CT molecular complexity index is 1730. The fraction of sp³-hybridized carbons (Fsp3) is 0.0556. The molecule has 0 atom stereocenters. The zero-order valence-corrected chi connectivity index (χ0v) is 21.6. The van der Waals surface area contributed by atoms with Crippen molar-refractivity contribution in [3.8, 4) is 0 Å². The first kappa shape index (κ1) is 24.5. The van der Waals surface area contributed by atoms with Crippen LogP contribution in [0.2, 0.25) is 0 Å². The summed E-state index contributed by atoms with van der Waals surface area (Å²) in [4.78, 5) is 2.29. The molecule has 6 aromatic rings. The molecule has 0 radical (unpaired) electrons. The molecule has 0 fully saturated rings. The summed E-state index contributed by atoms with van der Waals surface area (Å²) in [5.41, 5.74) is 6.26. The van der Waals surface area contributed by atoms with Gasteiger partial charge in [0.05, 0.1) is 18.6 Å². The third-order valence-corrected chi connectivity index (χ3v) is 7.01. The molecule has 6 aromatic carbocycles. The van der Waals surface area contributed by atoms with Crippen LogP contribution in [0.5, 0.6) is 0 Å². The van der Waals surface area contributed by atoms with Crippen LogP contribution in [0.25, 0.3) is 27.6 Å². The molecule has 0 amide bonds. The van der Waals surface area contributed by atoms with Crippen LogP contribution in [-0.2, 0) is 18.0 Å². The molecule has 39 heavy (non-hydrogen) atoms. The fourth-order valence-electron chi connectivity index (χ4n) is 5.02. The molecule has 0 aromatic heterocycles. The molecule has 1 N–H and O–H groups in total. The van der Waals surface area contributed by atoms with Gasteiger partial charge in [-0.1, -0.05) is 91.0 Å². The standard InChI is InChI=1S/C36H29NO2/c38-25-31-23-29-10-4-5-11-30(29)24-32(31)26-39-22-21-27-17-19-34(20-18-27)37(33-13-2-1-3-14-33)36-16-8-12-28-9-6-7-15-35(28)36/h1-24,38H,25-26H2. The molecule has 0 saturated heterocycles. The predicted octanol–water partition coefficient (Wildman–Crippen LogP) is 9.14. The molecular weight excluding hydrogens is 478 g/mol. The lowest BCUT2D eigenvalue weighted by Gasteiger charge is -2.27. The van der Waals surface area contributed by atoms with Crippen molar-refractivity contribution >= 4 is 44.7 Å². The van der Waals surface area contributed by atoms with Crippen LogP contribution in [-0.4, -0.2) is 5.11 Å². The highest BCUT2D eigenvalue weighted by molar-refractivity contribution is 5.98. The van der Waals surface area contributed by atoms with E-state index in [4.69, 9.17) is 4.74 Å². The zero-order chi connectivity index (χ0) is 26.4. The average Bonchev–Trinajstić information content (AvgIpc) is 3.00. The summed E-state index contributed by atoms with van der Waals surface area (Å²) in [6.07, 6.45) is 3.69. The first-order valence-electron chi connectivity index (χ1n) is 13.1. The molecule has 0 unspecified atom stereocenters. The quantitative estimate of drug-likeness (QED) is 0.209. The van der Waals surface area contributed by atoms with Crippen molar-refractivity contribution in [2.24, 2.45) is 0 Å².